The second-order valence-corrected chi connectivity index (χ2v) is 7.10. The Morgan fingerprint density at radius 2 is 1.83 bits per heavy atom. The fraction of sp³-hybridized carbons (Fsp3) is 0.500. The maximum Gasteiger partial charge on any atom is 0.407 e. The minimum Gasteiger partial charge on any atom is -0.445 e. The van der Waals surface area contributed by atoms with E-state index >= 15 is 0 Å². The van der Waals surface area contributed by atoms with Crippen LogP contribution in [-0.4, -0.2) is 41.7 Å². The second-order valence-electron chi connectivity index (χ2n) is 7.10. The van der Waals surface area contributed by atoms with Crippen LogP contribution in [0.2, 0.25) is 0 Å². The van der Waals surface area contributed by atoms with E-state index in [1.807, 2.05) is 36.4 Å². The zero-order valence-corrected chi connectivity index (χ0v) is 17.3. The quantitative estimate of drug-likeness (QED) is 0.256. The highest BCUT2D eigenvalue weighted by molar-refractivity contribution is 5.86. The third kappa shape index (κ3) is 11.9. The Kier molecular flexibility index (Phi) is 12.6. The van der Waals surface area contributed by atoms with E-state index in [4.69, 9.17) is 10.5 Å². The maximum atomic E-state index is 12.1. The second kappa shape index (κ2) is 15.0. The summed E-state index contributed by atoms with van der Waals surface area (Å²) in [5.74, 6) is -1.11. The van der Waals surface area contributed by atoms with Gasteiger partial charge in [0.15, 0.2) is 0 Å². The summed E-state index contributed by atoms with van der Waals surface area (Å²) in [6, 6.07) is 8.40. The number of unbranched alkanes of at least 4 members (excludes halogenated alkanes) is 4. The topological polar surface area (TPSA) is 131 Å². The maximum absolute atomic E-state index is 12.1. The Hall–Kier alpha value is -2.87. The van der Waals surface area contributed by atoms with Crippen molar-refractivity contribution in [2.24, 2.45) is 5.73 Å². The third-order valence-electron chi connectivity index (χ3n) is 4.45. The predicted octanol–water partition coefficient (Wildman–Crippen LogP) is 2.16. The van der Waals surface area contributed by atoms with Crippen LogP contribution in [0.3, 0.4) is 0 Å². The number of allylic oxidation sites excluding steroid dienone is 1. The summed E-state index contributed by atoms with van der Waals surface area (Å²) in [4.78, 5) is 35.3. The van der Waals surface area contributed by atoms with Crippen LogP contribution in [0, 0.1) is 0 Å². The molecule has 166 valence electrons. The first kappa shape index (κ1) is 25.2. The van der Waals surface area contributed by atoms with Gasteiger partial charge in [0.25, 0.3) is 0 Å². The molecule has 0 spiro atoms. The molecule has 2 atom stereocenters. The van der Waals surface area contributed by atoms with Crippen molar-refractivity contribution in [3.63, 3.8) is 0 Å². The molecule has 0 fully saturated rings. The number of nitrogens with one attached hydrogen (secondary N) is 2. The molecule has 0 aliphatic heterocycles. The Balaban J connectivity index is 2.24. The van der Waals surface area contributed by atoms with E-state index < -0.39 is 30.1 Å². The molecule has 3 amide bonds. The van der Waals surface area contributed by atoms with Gasteiger partial charge in [0.1, 0.15) is 12.6 Å². The van der Waals surface area contributed by atoms with Crippen molar-refractivity contribution in [2.75, 3.05) is 6.54 Å². The summed E-state index contributed by atoms with van der Waals surface area (Å²) < 4.78 is 5.03. The Labute approximate surface area is 177 Å². The van der Waals surface area contributed by atoms with E-state index in [1.54, 1.807) is 0 Å². The van der Waals surface area contributed by atoms with Gasteiger partial charge in [-0.1, -0.05) is 55.7 Å². The molecule has 8 heteroatoms. The van der Waals surface area contributed by atoms with Crippen molar-refractivity contribution in [3.8, 4) is 0 Å². The summed E-state index contributed by atoms with van der Waals surface area (Å²) in [7, 11) is 0. The summed E-state index contributed by atoms with van der Waals surface area (Å²) >= 11 is 0. The number of hydrogen-bond donors (Lipinski definition) is 4. The van der Waals surface area contributed by atoms with E-state index in [1.165, 1.54) is 0 Å². The fourth-order valence-electron chi connectivity index (χ4n) is 2.79. The highest BCUT2D eigenvalue weighted by Gasteiger charge is 2.20. The first-order valence-electron chi connectivity index (χ1n) is 10.2. The molecule has 5 N–H and O–H groups in total. The molecule has 0 heterocycles. The fourth-order valence-corrected chi connectivity index (χ4v) is 2.79. The summed E-state index contributed by atoms with van der Waals surface area (Å²) in [6.45, 7) is 3.63. The lowest BCUT2D eigenvalue weighted by Gasteiger charge is -2.17. The lowest BCUT2D eigenvalue weighted by atomic mass is 10.1. The van der Waals surface area contributed by atoms with Crippen LogP contribution in [-0.2, 0) is 20.9 Å². The minimum absolute atomic E-state index is 0.108. The van der Waals surface area contributed by atoms with Gasteiger partial charge in [0.2, 0.25) is 11.8 Å². The Morgan fingerprint density at radius 1 is 1.13 bits per heavy atom. The normalized spacial score (nSPS) is 12.4. The van der Waals surface area contributed by atoms with Crippen molar-refractivity contribution in [3.05, 3.63) is 48.6 Å². The van der Waals surface area contributed by atoms with Crippen LogP contribution in [0.25, 0.3) is 0 Å². The number of primary amides is 1. The summed E-state index contributed by atoms with van der Waals surface area (Å²) in [5, 5.41) is 14.9. The molecule has 1 aromatic carbocycles. The Morgan fingerprint density at radius 3 is 2.50 bits per heavy atom. The number of ether oxygens (including phenoxy) is 1. The van der Waals surface area contributed by atoms with Crippen LogP contribution in [0.1, 0.15) is 50.5 Å². The number of carbonyl (C=O) groups excluding carboxylic acids is 3. The van der Waals surface area contributed by atoms with Gasteiger partial charge < -0.3 is 26.2 Å². The average molecular weight is 420 g/mol. The number of aliphatic hydroxyl groups is 1. The summed E-state index contributed by atoms with van der Waals surface area (Å²) in [6.07, 6.45) is 4.99. The van der Waals surface area contributed by atoms with Gasteiger partial charge in [-0.05, 0) is 24.8 Å². The molecular weight excluding hydrogens is 386 g/mol. The van der Waals surface area contributed by atoms with Gasteiger partial charge in [0.05, 0.1) is 12.5 Å². The highest BCUT2D eigenvalue weighted by Crippen LogP contribution is 2.08. The van der Waals surface area contributed by atoms with Gasteiger partial charge >= 0.3 is 6.09 Å². The number of hydrogen-bond acceptors (Lipinski definition) is 5. The molecule has 0 bridgehead atoms. The zero-order chi connectivity index (χ0) is 22.2. The molecule has 0 saturated carbocycles. The smallest absolute Gasteiger partial charge is 0.407 e. The first-order valence-corrected chi connectivity index (χ1v) is 10.2. The van der Waals surface area contributed by atoms with E-state index in [-0.39, 0.29) is 19.6 Å². The van der Waals surface area contributed by atoms with E-state index in [0.29, 0.717) is 6.42 Å². The van der Waals surface area contributed by atoms with E-state index in [9.17, 15) is 19.5 Å². The van der Waals surface area contributed by atoms with Crippen molar-refractivity contribution in [2.45, 2.75) is 63.7 Å². The zero-order valence-electron chi connectivity index (χ0n) is 17.3. The van der Waals surface area contributed by atoms with Crippen molar-refractivity contribution in [1.82, 2.24) is 10.6 Å². The molecule has 30 heavy (non-hydrogen) atoms. The van der Waals surface area contributed by atoms with Gasteiger partial charge in [-0.3, -0.25) is 9.59 Å². The van der Waals surface area contributed by atoms with Gasteiger partial charge in [-0.15, -0.1) is 6.58 Å². The van der Waals surface area contributed by atoms with Crippen LogP contribution < -0.4 is 16.4 Å². The highest BCUT2D eigenvalue weighted by atomic mass is 16.5. The molecule has 1 rings (SSSR count). The average Bonchev–Trinajstić information content (AvgIpc) is 2.72. The molecule has 0 radical (unpaired) electrons. The first-order chi connectivity index (χ1) is 14.4. The number of carbonyl (C=O) groups is 3. The minimum atomic E-state index is -1.11. The lowest BCUT2D eigenvalue weighted by Crippen LogP contribution is -2.46. The third-order valence-corrected chi connectivity index (χ3v) is 4.45. The standard InChI is InChI=1S/C22H33N3O5/c1-2-3-4-5-6-10-13-19(21(23)28)25-20(27)14-18(26)15-24-22(29)30-16-17-11-8-7-9-12-17/h2,7-9,11-12,18-19,26H,1,3-6,10,13-16H2,(H2,23,28)(H,24,29)(H,25,27)/t18-,19+/m0/s1. The number of nitrogens with two attached hydrogens (primary N) is 1. The lowest BCUT2D eigenvalue weighted by molar-refractivity contribution is -0.128. The van der Waals surface area contributed by atoms with Crippen LogP contribution in [0.4, 0.5) is 4.79 Å². The number of amides is 3. The molecule has 0 saturated heterocycles. The predicted molar refractivity (Wildman–Crippen MR) is 114 cm³/mol. The molecule has 0 aromatic heterocycles. The largest absolute Gasteiger partial charge is 0.445 e. The van der Waals surface area contributed by atoms with Crippen molar-refractivity contribution < 1.29 is 24.2 Å². The number of benzene rings is 1. The molecule has 8 nitrogen and oxygen atoms in total. The van der Waals surface area contributed by atoms with Crippen LogP contribution in [0.5, 0.6) is 0 Å². The van der Waals surface area contributed by atoms with Crippen LogP contribution >= 0.6 is 0 Å². The van der Waals surface area contributed by atoms with Gasteiger partial charge in [-0.2, -0.15) is 0 Å². The van der Waals surface area contributed by atoms with Crippen LogP contribution in [0.15, 0.2) is 43.0 Å². The molecule has 1 aromatic rings. The SMILES string of the molecule is C=CCCCCCC[C@@H](NC(=O)C[C@H](O)CNC(=O)OCc1ccccc1)C(N)=O. The van der Waals surface area contributed by atoms with E-state index in [2.05, 4.69) is 17.2 Å². The van der Waals surface area contributed by atoms with Gasteiger partial charge in [-0.25, -0.2) is 4.79 Å². The van der Waals surface area contributed by atoms with E-state index in [0.717, 1.165) is 37.7 Å². The number of alkyl carbamates (subject to hydrolysis) is 1. The molecule has 0 aliphatic carbocycles. The molecule has 0 unspecified atom stereocenters. The monoisotopic (exact) mass is 419 g/mol. The Bertz CT molecular complexity index is 666. The molecule has 0 aliphatic rings. The number of aliphatic hydroxyl groups excluding tert-OH is 1. The van der Waals surface area contributed by atoms with Gasteiger partial charge in [0, 0.05) is 6.54 Å². The summed E-state index contributed by atoms with van der Waals surface area (Å²) in [5.41, 5.74) is 6.19. The van der Waals surface area contributed by atoms with Crippen molar-refractivity contribution in [1.29, 1.82) is 0 Å². The number of rotatable bonds is 15. The molecular formula is C22H33N3O5. The van der Waals surface area contributed by atoms with Crippen molar-refractivity contribution >= 4 is 17.9 Å².